The van der Waals surface area contributed by atoms with E-state index in [0.717, 1.165) is 18.2 Å². The highest BCUT2D eigenvalue weighted by atomic mass is 35.5. The predicted molar refractivity (Wildman–Crippen MR) is 77.2 cm³/mol. The van der Waals surface area contributed by atoms with E-state index in [9.17, 15) is 21.6 Å². The minimum absolute atomic E-state index is 0.0175. The first-order valence-electron chi connectivity index (χ1n) is 5.62. The Labute approximate surface area is 138 Å². The molecule has 0 bridgehead atoms. The fourth-order valence-corrected chi connectivity index (χ4v) is 2.18. The molecule has 0 spiro atoms. The maximum Gasteiger partial charge on any atom is 0.516 e. The van der Waals surface area contributed by atoms with Crippen LogP contribution in [0.4, 0.5) is 18.9 Å². The fourth-order valence-electron chi connectivity index (χ4n) is 1.31. The van der Waals surface area contributed by atoms with Gasteiger partial charge in [0.1, 0.15) is 5.75 Å². The highest BCUT2D eigenvalue weighted by Gasteiger charge is 2.46. The third kappa shape index (κ3) is 4.36. The van der Waals surface area contributed by atoms with Crippen molar-refractivity contribution in [3.05, 3.63) is 40.6 Å². The summed E-state index contributed by atoms with van der Waals surface area (Å²) in [5, 5.41) is 0.131. The van der Waals surface area contributed by atoms with E-state index in [1.807, 2.05) is 0 Å². The summed E-state index contributed by atoms with van der Waals surface area (Å²) in [4.78, 5) is 7.49. The van der Waals surface area contributed by atoms with Gasteiger partial charge in [0.25, 0.3) is 0 Å². The molecular weight excluding hydrogens is 382 g/mol. The molecule has 1 aromatic carbocycles. The molecule has 2 rings (SSSR count). The average Bonchev–Trinajstić information content (AvgIpc) is 2.42. The topological polar surface area (TPSA) is 81.2 Å². The highest BCUT2D eigenvalue weighted by molar-refractivity contribution is 7.93. The first-order valence-corrected chi connectivity index (χ1v) is 7.86. The number of aromatic nitrogens is 2. The van der Waals surface area contributed by atoms with Crippen LogP contribution in [0.25, 0.3) is 0 Å². The van der Waals surface area contributed by atoms with E-state index in [0.29, 0.717) is 0 Å². The standard InChI is InChI=1S/C11H6Cl2F3N3O3S/c12-6-4-17-10(18-5-6)22-9-2-1-7(3-8(9)13)19-23(20,21)11(14,15)16/h1-5,19H. The summed E-state index contributed by atoms with van der Waals surface area (Å²) in [7, 11) is -5.53. The smallest absolute Gasteiger partial charge is 0.423 e. The van der Waals surface area contributed by atoms with Crippen molar-refractivity contribution in [1.82, 2.24) is 9.97 Å². The maximum atomic E-state index is 12.3. The number of nitrogens with one attached hydrogen (secondary N) is 1. The maximum absolute atomic E-state index is 12.3. The van der Waals surface area contributed by atoms with E-state index in [1.54, 1.807) is 0 Å². The van der Waals surface area contributed by atoms with Gasteiger partial charge in [-0.2, -0.15) is 21.6 Å². The number of benzene rings is 1. The lowest BCUT2D eigenvalue weighted by molar-refractivity contribution is -0.0429. The van der Waals surface area contributed by atoms with Crippen LogP contribution < -0.4 is 9.46 Å². The molecule has 6 nitrogen and oxygen atoms in total. The van der Waals surface area contributed by atoms with Crippen molar-refractivity contribution in [3.8, 4) is 11.8 Å². The van der Waals surface area contributed by atoms with E-state index >= 15 is 0 Å². The largest absolute Gasteiger partial charge is 0.516 e. The van der Waals surface area contributed by atoms with Crippen molar-refractivity contribution in [3.63, 3.8) is 0 Å². The zero-order valence-corrected chi connectivity index (χ0v) is 13.1. The van der Waals surface area contributed by atoms with Crippen molar-refractivity contribution in [2.45, 2.75) is 5.51 Å². The van der Waals surface area contributed by atoms with Gasteiger partial charge >= 0.3 is 21.5 Å². The van der Waals surface area contributed by atoms with Gasteiger partial charge in [-0.05, 0) is 18.2 Å². The summed E-state index contributed by atoms with van der Waals surface area (Å²) in [5.74, 6) is 0.0175. The molecule has 0 amide bonds. The second-order valence-electron chi connectivity index (χ2n) is 3.98. The van der Waals surface area contributed by atoms with Crippen molar-refractivity contribution in [2.24, 2.45) is 0 Å². The molecule has 1 heterocycles. The molecule has 0 aliphatic carbocycles. The number of anilines is 1. The van der Waals surface area contributed by atoms with Gasteiger partial charge in [0.15, 0.2) is 0 Å². The molecule has 2 aromatic rings. The second kappa shape index (κ2) is 6.38. The SMILES string of the molecule is O=S(=O)(Nc1ccc(Oc2ncc(Cl)cn2)c(Cl)c1)C(F)(F)F. The summed E-state index contributed by atoms with van der Waals surface area (Å²) in [6, 6.07) is 3.06. The minimum Gasteiger partial charge on any atom is -0.423 e. The fraction of sp³-hybridized carbons (Fsp3) is 0.0909. The van der Waals surface area contributed by atoms with Crippen molar-refractivity contribution >= 4 is 38.9 Å². The van der Waals surface area contributed by atoms with Crippen LogP contribution >= 0.6 is 23.2 Å². The first-order chi connectivity index (χ1) is 10.6. The summed E-state index contributed by atoms with van der Waals surface area (Å²) in [5.41, 5.74) is -5.82. The van der Waals surface area contributed by atoms with Crippen molar-refractivity contribution in [1.29, 1.82) is 0 Å². The van der Waals surface area contributed by atoms with Gasteiger partial charge in [-0.15, -0.1) is 0 Å². The zero-order chi connectivity index (χ0) is 17.3. The van der Waals surface area contributed by atoms with Crippen LogP contribution in [0.15, 0.2) is 30.6 Å². The van der Waals surface area contributed by atoms with Gasteiger partial charge in [0.05, 0.1) is 28.1 Å². The zero-order valence-electron chi connectivity index (χ0n) is 10.8. The Bertz CT molecular complexity index is 814. The monoisotopic (exact) mass is 387 g/mol. The number of halogens is 5. The quantitative estimate of drug-likeness (QED) is 0.861. The molecule has 1 aromatic heterocycles. The number of sulfonamides is 1. The Balaban J connectivity index is 2.20. The number of hydrogen-bond donors (Lipinski definition) is 1. The van der Waals surface area contributed by atoms with Crippen LogP contribution in [-0.2, 0) is 10.0 Å². The van der Waals surface area contributed by atoms with E-state index in [1.165, 1.54) is 17.1 Å². The van der Waals surface area contributed by atoms with Crippen molar-refractivity contribution in [2.75, 3.05) is 4.72 Å². The number of rotatable bonds is 4. The van der Waals surface area contributed by atoms with Crippen LogP contribution in [0.2, 0.25) is 10.0 Å². The van der Waals surface area contributed by atoms with E-state index in [-0.39, 0.29) is 27.5 Å². The van der Waals surface area contributed by atoms with Gasteiger partial charge in [-0.25, -0.2) is 9.97 Å². The van der Waals surface area contributed by atoms with Gasteiger partial charge < -0.3 is 4.74 Å². The lowest BCUT2D eigenvalue weighted by atomic mass is 10.3. The molecule has 0 aliphatic heterocycles. The molecule has 124 valence electrons. The highest BCUT2D eigenvalue weighted by Crippen LogP contribution is 2.32. The summed E-state index contributed by atoms with van der Waals surface area (Å²) in [6.07, 6.45) is 2.53. The van der Waals surface area contributed by atoms with Crippen LogP contribution in [0.5, 0.6) is 11.8 Å². The van der Waals surface area contributed by atoms with Gasteiger partial charge in [0.2, 0.25) is 0 Å². The lowest BCUT2D eigenvalue weighted by Crippen LogP contribution is -2.29. The summed E-state index contributed by atoms with van der Waals surface area (Å²) >= 11 is 11.4. The van der Waals surface area contributed by atoms with E-state index < -0.39 is 15.5 Å². The van der Waals surface area contributed by atoms with E-state index in [4.69, 9.17) is 27.9 Å². The Morgan fingerprint density at radius 1 is 1.13 bits per heavy atom. The Kier molecular flexibility index (Phi) is 4.87. The normalized spacial score (nSPS) is 12.0. The molecule has 0 radical (unpaired) electrons. The number of nitrogens with zero attached hydrogens (tertiary/aromatic N) is 2. The molecule has 0 atom stereocenters. The van der Waals surface area contributed by atoms with Crippen LogP contribution in [-0.4, -0.2) is 23.9 Å². The Hall–Kier alpha value is -1.78. The molecule has 12 heteroatoms. The molecule has 1 N–H and O–H groups in total. The minimum atomic E-state index is -5.53. The third-order valence-corrected chi connectivity index (χ3v) is 3.89. The Morgan fingerprint density at radius 3 is 2.26 bits per heavy atom. The lowest BCUT2D eigenvalue weighted by Gasteiger charge is -2.12. The average molecular weight is 388 g/mol. The Morgan fingerprint density at radius 2 is 1.74 bits per heavy atom. The number of hydrogen-bond acceptors (Lipinski definition) is 5. The summed E-state index contributed by atoms with van der Waals surface area (Å²) in [6.45, 7) is 0. The predicted octanol–water partition coefficient (Wildman–Crippen LogP) is 3.84. The first kappa shape index (κ1) is 17.6. The number of alkyl halides is 3. The van der Waals surface area contributed by atoms with Crippen LogP contribution in [0.3, 0.4) is 0 Å². The molecule has 23 heavy (non-hydrogen) atoms. The second-order valence-corrected chi connectivity index (χ2v) is 6.50. The third-order valence-electron chi connectivity index (χ3n) is 2.29. The van der Waals surface area contributed by atoms with E-state index in [2.05, 4.69) is 9.97 Å². The molecule has 0 saturated carbocycles. The molecule has 0 aliphatic rings. The van der Waals surface area contributed by atoms with Gasteiger partial charge in [-0.3, -0.25) is 4.72 Å². The van der Waals surface area contributed by atoms with Crippen molar-refractivity contribution < 1.29 is 26.3 Å². The number of ether oxygens (including phenoxy) is 1. The molecule has 0 fully saturated rings. The molecule has 0 saturated heterocycles. The van der Waals surface area contributed by atoms with Gasteiger partial charge in [0, 0.05) is 0 Å². The van der Waals surface area contributed by atoms with Crippen LogP contribution in [0.1, 0.15) is 0 Å². The molecular formula is C11H6Cl2F3N3O3S. The van der Waals surface area contributed by atoms with Gasteiger partial charge in [-0.1, -0.05) is 23.2 Å². The van der Waals surface area contributed by atoms with Crippen LogP contribution in [0, 0.1) is 0 Å². The molecule has 0 unspecified atom stereocenters. The summed E-state index contributed by atoms with van der Waals surface area (Å²) < 4.78 is 65.4.